The van der Waals surface area contributed by atoms with Crippen LogP contribution >= 0.6 is 0 Å². The molecule has 1 unspecified atom stereocenters. The summed E-state index contributed by atoms with van der Waals surface area (Å²) in [5.74, 6) is 1.45. The van der Waals surface area contributed by atoms with Crippen molar-refractivity contribution in [3.63, 3.8) is 0 Å². The first-order valence-electron chi connectivity index (χ1n) is 6.56. The van der Waals surface area contributed by atoms with E-state index in [4.69, 9.17) is 0 Å². The Balaban J connectivity index is 1.94. The van der Waals surface area contributed by atoms with Crippen LogP contribution in [0, 0.1) is 10.8 Å². The molecule has 0 saturated carbocycles. The Morgan fingerprint density at radius 1 is 1.42 bits per heavy atom. The van der Waals surface area contributed by atoms with Crippen molar-refractivity contribution in [1.29, 1.82) is 0 Å². The minimum Gasteiger partial charge on any atom is -0.583 e. The second-order valence-corrected chi connectivity index (χ2v) is 5.88. The number of nitrogens with zero attached hydrogens (tertiary/aromatic N) is 4. The first-order chi connectivity index (χ1) is 9.24. The van der Waals surface area contributed by atoms with E-state index in [0.717, 1.165) is 19.0 Å². The van der Waals surface area contributed by atoms with Crippen LogP contribution < -0.4 is 4.90 Å². The van der Waals surface area contributed by atoms with Gasteiger partial charge in [0, 0.05) is 13.1 Å². The molecule has 6 nitrogen and oxygen atoms in total. The summed E-state index contributed by atoms with van der Waals surface area (Å²) in [4.78, 5) is 20.9. The van der Waals surface area contributed by atoms with Gasteiger partial charge in [-0.05, 0) is 18.8 Å². The SMILES string of the molecule is CCCC1CCN(c2ncc([S+]([O-])N=O)cn2)CC1. The third-order valence-corrected chi connectivity index (χ3v) is 4.23. The fourth-order valence-electron chi connectivity index (χ4n) is 2.44. The van der Waals surface area contributed by atoms with Gasteiger partial charge in [0.05, 0.1) is 12.4 Å². The predicted molar refractivity (Wildman–Crippen MR) is 74.1 cm³/mol. The van der Waals surface area contributed by atoms with Crippen molar-refractivity contribution in [1.82, 2.24) is 9.97 Å². The second kappa shape index (κ2) is 6.81. The van der Waals surface area contributed by atoms with Crippen molar-refractivity contribution < 1.29 is 4.55 Å². The van der Waals surface area contributed by atoms with Crippen molar-refractivity contribution in [3.05, 3.63) is 17.3 Å². The van der Waals surface area contributed by atoms with Gasteiger partial charge < -0.3 is 9.45 Å². The fourth-order valence-corrected chi connectivity index (χ4v) is 2.81. The van der Waals surface area contributed by atoms with E-state index < -0.39 is 11.4 Å². The van der Waals surface area contributed by atoms with E-state index in [9.17, 15) is 9.46 Å². The predicted octanol–water partition coefficient (Wildman–Crippen LogP) is 2.28. The first kappa shape index (κ1) is 14.2. The van der Waals surface area contributed by atoms with Crippen LogP contribution in [-0.4, -0.2) is 27.6 Å². The molecule has 2 rings (SSSR count). The van der Waals surface area contributed by atoms with Crippen molar-refractivity contribution in [2.45, 2.75) is 37.5 Å². The molecule has 0 spiro atoms. The van der Waals surface area contributed by atoms with Gasteiger partial charge >= 0.3 is 0 Å². The van der Waals surface area contributed by atoms with Crippen molar-refractivity contribution in [2.24, 2.45) is 10.5 Å². The Labute approximate surface area is 115 Å². The molecule has 0 radical (unpaired) electrons. The van der Waals surface area contributed by atoms with Gasteiger partial charge in [-0.25, -0.2) is 9.97 Å². The topological polar surface area (TPSA) is 81.5 Å². The summed E-state index contributed by atoms with van der Waals surface area (Å²) in [6.07, 6.45) is 7.69. The monoisotopic (exact) mass is 282 g/mol. The van der Waals surface area contributed by atoms with Crippen LogP contribution in [0.15, 0.2) is 21.9 Å². The van der Waals surface area contributed by atoms with Crippen molar-refractivity contribution in [2.75, 3.05) is 18.0 Å². The van der Waals surface area contributed by atoms with Gasteiger partial charge in [0.15, 0.2) is 15.9 Å². The molecule has 1 aromatic rings. The summed E-state index contributed by atoms with van der Waals surface area (Å²) in [5.41, 5.74) is 0. The molecule has 0 bridgehead atoms. The van der Waals surface area contributed by atoms with Gasteiger partial charge in [-0.2, -0.15) is 0 Å². The van der Waals surface area contributed by atoms with Gasteiger partial charge in [0.1, 0.15) is 0 Å². The molecule has 19 heavy (non-hydrogen) atoms. The Bertz CT molecular complexity index is 407. The Hall–Kier alpha value is -1.21. The minimum atomic E-state index is -1.89. The molecular weight excluding hydrogens is 264 g/mol. The second-order valence-electron chi connectivity index (χ2n) is 4.76. The van der Waals surface area contributed by atoms with Gasteiger partial charge in [0.25, 0.3) is 0 Å². The van der Waals surface area contributed by atoms with Gasteiger partial charge in [-0.15, -0.1) is 0 Å². The number of anilines is 1. The quantitative estimate of drug-likeness (QED) is 0.611. The number of rotatable bonds is 5. The number of hydrogen-bond donors (Lipinski definition) is 0. The summed E-state index contributed by atoms with van der Waals surface area (Å²) in [5, 5.41) is 0. The van der Waals surface area contributed by atoms with E-state index in [1.54, 1.807) is 0 Å². The Kier molecular flexibility index (Phi) is 5.09. The van der Waals surface area contributed by atoms with Crippen molar-refractivity contribution in [3.8, 4) is 0 Å². The van der Waals surface area contributed by atoms with Crippen LogP contribution in [0.1, 0.15) is 32.6 Å². The molecule has 1 aliphatic heterocycles. The number of piperidine rings is 1. The molecule has 0 aromatic carbocycles. The molecule has 1 fully saturated rings. The number of nitroso groups, excluding NO2 is 1. The number of aromatic nitrogens is 2. The lowest BCUT2D eigenvalue weighted by molar-refractivity contribution is 0.376. The van der Waals surface area contributed by atoms with Crippen LogP contribution in [0.2, 0.25) is 0 Å². The van der Waals surface area contributed by atoms with Crippen LogP contribution in [-0.2, 0) is 11.4 Å². The highest BCUT2D eigenvalue weighted by Gasteiger charge is 2.21. The van der Waals surface area contributed by atoms with E-state index in [1.807, 2.05) is 0 Å². The summed E-state index contributed by atoms with van der Waals surface area (Å²) in [7, 11) is 0. The van der Waals surface area contributed by atoms with Crippen LogP contribution in [0.3, 0.4) is 0 Å². The van der Waals surface area contributed by atoms with E-state index >= 15 is 0 Å². The highest BCUT2D eigenvalue weighted by atomic mass is 32.2. The van der Waals surface area contributed by atoms with Crippen molar-refractivity contribution >= 4 is 17.3 Å². The molecule has 1 aromatic heterocycles. The smallest absolute Gasteiger partial charge is 0.225 e. The Morgan fingerprint density at radius 3 is 2.58 bits per heavy atom. The molecular formula is C12H18N4O2S. The zero-order valence-corrected chi connectivity index (χ0v) is 11.8. The number of hydrogen-bond acceptors (Lipinski definition) is 6. The maximum Gasteiger partial charge on any atom is 0.225 e. The highest BCUT2D eigenvalue weighted by Crippen LogP contribution is 2.24. The molecule has 1 atom stereocenters. The molecule has 104 valence electrons. The van der Waals surface area contributed by atoms with E-state index in [1.165, 1.54) is 38.1 Å². The standard InChI is InChI=1S/C12H18N4O2S/c1-2-3-10-4-6-16(7-5-10)12-13-8-11(9-14-12)19(18)15-17/h8-10H,2-7H2,1H3. The summed E-state index contributed by atoms with van der Waals surface area (Å²) in [6, 6.07) is 0. The highest BCUT2D eigenvalue weighted by molar-refractivity contribution is 7.90. The largest absolute Gasteiger partial charge is 0.583 e. The van der Waals surface area contributed by atoms with Gasteiger partial charge in [-0.3, -0.25) is 0 Å². The van der Waals surface area contributed by atoms with E-state index in [-0.39, 0.29) is 4.90 Å². The fraction of sp³-hybridized carbons (Fsp3) is 0.667. The Morgan fingerprint density at radius 2 is 2.05 bits per heavy atom. The molecule has 7 heteroatoms. The average molecular weight is 282 g/mol. The summed E-state index contributed by atoms with van der Waals surface area (Å²) >= 11 is -1.89. The lowest BCUT2D eigenvalue weighted by Crippen LogP contribution is -2.34. The van der Waals surface area contributed by atoms with E-state index in [0.29, 0.717) is 5.95 Å². The van der Waals surface area contributed by atoms with Crippen LogP contribution in [0.5, 0.6) is 0 Å². The van der Waals surface area contributed by atoms with E-state index in [2.05, 4.69) is 26.4 Å². The molecule has 0 aliphatic carbocycles. The molecule has 1 aliphatic rings. The third kappa shape index (κ3) is 3.63. The average Bonchev–Trinajstić information content (AvgIpc) is 2.48. The van der Waals surface area contributed by atoms with Gasteiger partial charge in [-0.1, -0.05) is 24.7 Å². The summed E-state index contributed by atoms with van der Waals surface area (Å²) < 4.78 is 13.6. The molecule has 0 N–H and O–H groups in total. The summed E-state index contributed by atoms with van der Waals surface area (Å²) in [6.45, 7) is 4.13. The lowest BCUT2D eigenvalue weighted by Gasteiger charge is -2.31. The third-order valence-electron chi connectivity index (χ3n) is 3.48. The molecule has 1 saturated heterocycles. The maximum absolute atomic E-state index is 11.2. The maximum atomic E-state index is 11.2. The first-order valence-corrected chi connectivity index (χ1v) is 7.67. The normalized spacial score (nSPS) is 18.3. The van der Waals surface area contributed by atoms with Crippen LogP contribution in [0.25, 0.3) is 0 Å². The zero-order valence-electron chi connectivity index (χ0n) is 11.0. The molecule has 2 heterocycles. The van der Waals surface area contributed by atoms with Crippen LogP contribution in [0.4, 0.5) is 5.95 Å². The molecule has 0 amide bonds. The minimum absolute atomic E-state index is 0.250. The lowest BCUT2D eigenvalue weighted by atomic mass is 9.93. The van der Waals surface area contributed by atoms with Gasteiger partial charge in [0.2, 0.25) is 10.8 Å². The zero-order chi connectivity index (χ0) is 13.7.